The summed E-state index contributed by atoms with van der Waals surface area (Å²) in [7, 11) is 1.55. The van der Waals surface area contributed by atoms with E-state index in [1.54, 1.807) is 25.4 Å². The van der Waals surface area contributed by atoms with Crippen molar-refractivity contribution in [2.45, 2.75) is 44.6 Å². The first kappa shape index (κ1) is 16.2. The van der Waals surface area contributed by atoms with Crippen molar-refractivity contribution in [3.05, 3.63) is 23.9 Å². The summed E-state index contributed by atoms with van der Waals surface area (Å²) >= 11 is 0. The van der Waals surface area contributed by atoms with E-state index in [2.05, 4.69) is 4.98 Å². The lowest BCUT2D eigenvalue weighted by Crippen LogP contribution is -2.46. The van der Waals surface area contributed by atoms with Gasteiger partial charge in [-0.15, -0.1) is 0 Å². The van der Waals surface area contributed by atoms with Gasteiger partial charge in [0.05, 0.1) is 19.8 Å². The van der Waals surface area contributed by atoms with Crippen LogP contribution in [-0.4, -0.2) is 48.7 Å². The van der Waals surface area contributed by atoms with Crippen molar-refractivity contribution in [3.8, 4) is 5.88 Å². The third-order valence-corrected chi connectivity index (χ3v) is 4.94. The summed E-state index contributed by atoms with van der Waals surface area (Å²) in [6.45, 7) is 1.93. The minimum Gasteiger partial charge on any atom is -0.480 e. The molecule has 1 unspecified atom stereocenters. The third kappa shape index (κ3) is 4.02. The number of hydrogen-bond acceptors (Lipinski definition) is 4. The quantitative estimate of drug-likeness (QED) is 0.856. The Morgan fingerprint density at radius 2 is 2.22 bits per heavy atom. The molecule has 2 aliphatic rings. The first-order valence-electron chi connectivity index (χ1n) is 8.68. The van der Waals surface area contributed by atoms with Gasteiger partial charge >= 0.3 is 0 Å². The van der Waals surface area contributed by atoms with E-state index in [4.69, 9.17) is 9.47 Å². The van der Waals surface area contributed by atoms with E-state index >= 15 is 0 Å². The van der Waals surface area contributed by atoms with Gasteiger partial charge in [-0.25, -0.2) is 4.98 Å². The smallest absolute Gasteiger partial charge is 0.259 e. The fraction of sp³-hybridized carbons (Fsp3) is 0.667. The second kappa shape index (κ2) is 7.77. The van der Waals surface area contributed by atoms with E-state index in [1.807, 2.05) is 4.90 Å². The number of nitrogens with zero attached hydrogens (tertiary/aromatic N) is 2. The average Bonchev–Trinajstić information content (AvgIpc) is 2.62. The van der Waals surface area contributed by atoms with Gasteiger partial charge in [0.25, 0.3) is 5.91 Å². The highest BCUT2D eigenvalue weighted by Crippen LogP contribution is 2.29. The van der Waals surface area contributed by atoms with Crippen molar-refractivity contribution in [1.82, 2.24) is 9.88 Å². The summed E-state index contributed by atoms with van der Waals surface area (Å²) in [5, 5.41) is 0. The van der Waals surface area contributed by atoms with Crippen LogP contribution < -0.4 is 4.74 Å². The Balaban J connectivity index is 1.62. The van der Waals surface area contributed by atoms with Gasteiger partial charge in [0.1, 0.15) is 5.56 Å². The molecule has 1 atom stereocenters. The standard InChI is InChI=1S/C18H26N2O3/c1-22-17-16(8-5-9-19-17)18(21)20-10-11-23-15(13-20)12-14-6-3-2-4-7-14/h5,8-9,14-15H,2-4,6-7,10-13H2,1H3. The minimum atomic E-state index is -0.00751. The molecular weight excluding hydrogens is 292 g/mol. The molecule has 1 aliphatic carbocycles. The maximum atomic E-state index is 12.8. The lowest BCUT2D eigenvalue weighted by atomic mass is 9.85. The predicted octanol–water partition coefficient (Wildman–Crippen LogP) is 2.90. The van der Waals surface area contributed by atoms with Crippen molar-refractivity contribution < 1.29 is 14.3 Å². The number of ether oxygens (including phenoxy) is 2. The first-order chi connectivity index (χ1) is 11.3. The number of morpholine rings is 1. The molecule has 1 aliphatic heterocycles. The molecule has 5 nitrogen and oxygen atoms in total. The van der Waals surface area contributed by atoms with E-state index in [-0.39, 0.29) is 12.0 Å². The van der Waals surface area contributed by atoms with Gasteiger partial charge in [-0.05, 0) is 24.5 Å². The van der Waals surface area contributed by atoms with Crippen molar-refractivity contribution in [2.75, 3.05) is 26.8 Å². The van der Waals surface area contributed by atoms with Crippen LogP contribution in [0.4, 0.5) is 0 Å². The SMILES string of the molecule is COc1ncccc1C(=O)N1CCOC(CC2CCCCC2)C1. The molecule has 1 aromatic rings. The zero-order valence-electron chi connectivity index (χ0n) is 13.9. The minimum absolute atomic E-state index is 0.00751. The van der Waals surface area contributed by atoms with Crippen LogP contribution in [0.25, 0.3) is 0 Å². The molecule has 1 amide bonds. The van der Waals surface area contributed by atoms with Crippen LogP contribution in [0.5, 0.6) is 5.88 Å². The molecule has 126 valence electrons. The topological polar surface area (TPSA) is 51.7 Å². The van der Waals surface area contributed by atoms with Gasteiger partial charge in [-0.1, -0.05) is 32.1 Å². The number of methoxy groups -OCH3 is 1. The Kier molecular flexibility index (Phi) is 5.49. The molecule has 23 heavy (non-hydrogen) atoms. The second-order valence-electron chi connectivity index (χ2n) is 6.54. The molecule has 5 heteroatoms. The van der Waals surface area contributed by atoms with Gasteiger partial charge in [0.15, 0.2) is 0 Å². The molecule has 2 heterocycles. The lowest BCUT2D eigenvalue weighted by molar-refractivity contribution is -0.0338. The Bertz CT molecular complexity index is 529. The number of carbonyl (C=O) groups is 1. The zero-order chi connectivity index (χ0) is 16.1. The molecule has 3 rings (SSSR count). The van der Waals surface area contributed by atoms with Gasteiger partial charge in [0, 0.05) is 19.3 Å². The van der Waals surface area contributed by atoms with Crippen molar-refractivity contribution >= 4 is 5.91 Å². The fourth-order valence-electron chi connectivity index (χ4n) is 3.73. The highest BCUT2D eigenvalue weighted by molar-refractivity contribution is 5.96. The highest BCUT2D eigenvalue weighted by atomic mass is 16.5. The van der Waals surface area contributed by atoms with E-state index in [9.17, 15) is 4.79 Å². The number of aromatic nitrogens is 1. The van der Waals surface area contributed by atoms with E-state index in [0.29, 0.717) is 31.1 Å². The lowest BCUT2D eigenvalue weighted by Gasteiger charge is -2.35. The number of amides is 1. The Labute approximate surface area is 138 Å². The molecule has 0 bridgehead atoms. The molecule has 0 spiro atoms. The van der Waals surface area contributed by atoms with Gasteiger partial charge in [0.2, 0.25) is 5.88 Å². The van der Waals surface area contributed by atoms with Crippen LogP contribution in [0.2, 0.25) is 0 Å². The monoisotopic (exact) mass is 318 g/mol. The molecule has 0 aromatic carbocycles. The molecule has 2 fully saturated rings. The average molecular weight is 318 g/mol. The Hall–Kier alpha value is -1.62. The Morgan fingerprint density at radius 3 is 3.00 bits per heavy atom. The summed E-state index contributed by atoms with van der Waals surface area (Å²) in [4.78, 5) is 18.8. The molecule has 1 aromatic heterocycles. The van der Waals surface area contributed by atoms with Gasteiger partial charge in [-0.2, -0.15) is 0 Å². The summed E-state index contributed by atoms with van der Waals surface area (Å²) in [5.74, 6) is 1.15. The van der Waals surface area contributed by atoms with Gasteiger partial charge in [-0.3, -0.25) is 4.79 Å². The molecule has 0 radical (unpaired) electrons. The molecule has 1 saturated heterocycles. The number of pyridine rings is 1. The van der Waals surface area contributed by atoms with Gasteiger partial charge < -0.3 is 14.4 Å². The van der Waals surface area contributed by atoms with Crippen molar-refractivity contribution in [2.24, 2.45) is 5.92 Å². The van der Waals surface area contributed by atoms with E-state index in [0.717, 1.165) is 12.3 Å². The summed E-state index contributed by atoms with van der Waals surface area (Å²) in [6, 6.07) is 3.55. The summed E-state index contributed by atoms with van der Waals surface area (Å²) in [5.41, 5.74) is 0.535. The summed E-state index contributed by atoms with van der Waals surface area (Å²) < 4.78 is 11.1. The maximum absolute atomic E-state index is 12.8. The van der Waals surface area contributed by atoms with Crippen molar-refractivity contribution in [3.63, 3.8) is 0 Å². The first-order valence-corrected chi connectivity index (χ1v) is 8.68. The summed E-state index contributed by atoms with van der Waals surface area (Å²) in [6.07, 6.45) is 9.55. The second-order valence-corrected chi connectivity index (χ2v) is 6.54. The Morgan fingerprint density at radius 1 is 1.39 bits per heavy atom. The molecular formula is C18H26N2O3. The number of carbonyl (C=O) groups excluding carboxylic acids is 1. The largest absolute Gasteiger partial charge is 0.480 e. The van der Waals surface area contributed by atoms with E-state index < -0.39 is 0 Å². The predicted molar refractivity (Wildman–Crippen MR) is 87.6 cm³/mol. The van der Waals surface area contributed by atoms with Crippen molar-refractivity contribution in [1.29, 1.82) is 0 Å². The van der Waals surface area contributed by atoms with Crippen LogP contribution in [0.1, 0.15) is 48.9 Å². The van der Waals surface area contributed by atoms with Crippen LogP contribution in [-0.2, 0) is 4.74 Å². The number of rotatable bonds is 4. The van der Waals surface area contributed by atoms with Crippen LogP contribution in [0, 0.1) is 5.92 Å². The highest BCUT2D eigenvalue weighted by Gasteiger charge is 2.29. The van der Waals surface area contributed by atoms with Crippen LogP contribution >= 0.6 is 0 Å². The normalized spacial score (nSPS) is 22.8. The third-order valence-electron chi connectivity index (χ3n) is 4.94. The van der Waals surface area contributed by atoms with E-state index in [1.165, 1.54) is 32.1 Å². The molecule has 0 N–H and O–H groups in total. The van der Waals surface area contributed by atoms with Crippen LogP contribution in [0.3, 0.4) is 0 Å². The zero-order valence-corrected chi connectivity index (χ0v) is 13.9. The fourth-order valence-corrected chi connectivity index (χ4v) is 3.73. The van der Waals surface area contributed by atoms with Crippen LogP contribution in [0.15, 0.2) is 18.3 Å². The molecule has 1 saturated carbocycles. The maximum Gasteiger partial charge on any atom is 0.259 e. The number of hydrogen-bond donors (Lipinski definition) is 0.